The molecule has 0 aliphatic carbocycles. The van der Waals surface area contributed by atoms with Gasteiger partial charge >= 0.3 is 0 Å². The molecule has 0 bridgehead atoms. The molecule has 6 heteroatoms. The van der Waals surface area contributed by atoms with Crippen LogP contribution in [0.1, 0.15) is 30.9 Å². The van der Waals surface area contributed by atoms with Crippen molar-refractivity contribution >= 4 is 23.2 Å². The number of nitrogens with one attached hydrogen (secondary N) is 1. The average molecular weight is 410 g/mol. The van der Waals surface area contributed by atoms with Gasteiger partial charge in [-0.1, -0.05) is 35.3 Å². The van der Waals surface area contributed by atoms with Gasteiger partial charge in [0, 0.05) is 24.7 Å². The van der Waals surface area contributed by atoms with E-state index in [0.717, 1.165) is 37.1 Å². The normalized spacial score (nSPS) is 16.5. The van der Waals surface area contributed by atoms with Crippen molar-refractivity contribution in [3.63, 3.8) is 0 Å². The van der Waals surface area contributed by atoms with Gasteiger partial charge in [0.15, 0.2) is 11.5 Å². The van der Waals surface area contributed by atoms with Crippen molar-refractivity contribution in [1.29, 1.82) is 0 Å². The zero-order valence-corrected chi connectivity index (χ0v) is 17.0. The molecule has 27 heavy (non-hydrogen) atoms. The van der Waals surface area contributed by atoms with E-state index in [1.807, 2.05) is 43.3 Å². The minimum atomic E-state index is 0.312. The van der Waals surface area contributed by atoms with Gasteiger partial charge in [-0.3, -0.25) is 0 Å². The standard InChI is InChI=1S/C21H25Cl2NO3/c1-2-25-20-11-16(12-24-13-18-7-4-8-26-18)10-19(23)21(20)27-14-15-5-3-6-17(22)9-15/h3,5-6,9-11,18,24H,2,4,7-8,12-14H2,1H3/t18-/m0/s1. The molecular weight excluding hydrogens is 385 g/mol. The van der Waals surface area contributed by atoms with Crippen molar-refractivity contribution in [2.75, 3.05) is 19.8 Å². The summed E-state index contributed by atoms with van der Waals surface area (Å²) in [5.74, 6) is 1.21. The molecule has 1 atom stereocenters. The molecule has 0 unspecified atom stereocenters. The Morgan fingerprint density at radius 3 is 2.78 bits per heavy atom. The third-order valence-electron chi connectivity index (χ3n) is 4.37. The van der Waals surface area contributed by atoms with Crippen LogP contribution in [0.4, 0.5) is 0 Å². The molecule has 0 radical (unpaired) electrons. The molecule has 3 rings (SSSR count). The molecule has 0 spiro atoms. The SMILES string of the molecule is CCOc1cc(CNC[C@@H]2CCCO2)cc(Cl)c1OCc1cccc(Cl)c1. The second-order valence-electron chi connectivity index (χ2n) is 6.52. The van der Waals surface area contributed by atoms with Gasteiger partial charge in [0.05, 0.1) is 17.7 Å². The van der Waals surface area contributed by atoms with Gasteiger partial charge in [0.2, 0.25) is 0 Å². The van der Waals surface area contributed by atoms with Crippen LogP contribution < -0.4 is 14.8 Å². The van der Waals surface area contributed by atoms with Gasteiger partial charge in [0.25, 0.3) is 0 Å². The Bertz CT molecular complexity index is 748. The van der Waals surface area contributed by atoms with E-state index in [2.05, 4.69) is 5.32 Å². The van der Waals surface area contributed by atoms with Crippen LogP contribution in [0, 0.1) is 0 Å². The summed E-state index contributed by atoms with van der Waals surface area (Å²) in [7, 11) is 0. The van der Waals surface area contributed by atoms with E-state index in [9.17, 15) is 0 Å². The third kappa shape index (κ3) is 6.01. The fourth-order valence-electron chi connectivity index (χ4n) is 3.09. The van der Waals surface area contributed by atoms with E-state index in [4.69, 9.17) is 37.4 Å². The first-order valence-electron chi connectivity index (χ1n) is 9.30. The lowest BCUT2D eigenvalue weighted by molar-refractivity contribution is 0.110. The number of hydrogen-bond donors (Lipinski definition) is 1. The number of ether oxygens (including phenoxy) is 3. The summed E-state index contributed by atoms with van der Waals surface area (Å²) in [6, 6.07) is 11.5. The summed E-state index contributed by atoms with van der Waals surface area (Å²) in [5, 5.41) is 4.65. The lowest BCUT2D eigenvalue weighted by atomic mass is 10.2. The first-order valence-corrected chi connectivity index (χ1v) is 10.1. The zero-order valence-electron chi connectivity index (χ0n) is 15.5. The Labute approximate surface area is 170 Å². The maximum atomic E-state index is 6.49. The average Bonchev–Trinajstić information content (AvgIpc) is 3.15. The fraction of sp³-hybridized carbons (Fsp3) is 0.429. The molecule has 1 fully saturated rings. The van der Waals surface area contributed by atoms with Gasteiger partial charge in [0.1, 0.15) is 6.61 Å². The number of hydrogen-bond acceptors (Lipinski definition) is 4. The van der Waals surface area contributed by atoms with E-state index in [0.29, 0.717) is 47.4 Å². The van der Waals surface area contributed by atoms with Gasteiger partial charge in [-0.05, 0) is 55.2 Å². The number of benzene rings is 2. The van der Waals surface area contributed by atoms with E-state index in [1.54, 1.807) is 0 Å². The molecule has 1 N–H and O–H groups in total. The van der Waals surface area contributed by atoms with Gasteiger partial charge in [-0.25, -0.2) is 0 Å². The van der Waals surface area contributed by atoms with Crippen molar-refractivity contribution < 1.29 is 14.2 Å². The highest BCUT2D eigenvalue weighted by Gasteiger charge is 2.16. The quantitative estimate of drug-likeness (QED) is 0.614. The molecule has 1 aliphatic rings. The van der Waals surface area contributed by atoms with Crippen LogP contribution in [0.5, 0.6) is 11.5 Å². The molecule has 2 aromatic rings. The van der Waals surface area contributed by atoms with Crippen LogP contribution >= 0.6 is 23.2 Å². The smallest absolute Gasteiger partial charge is 0.180 e. The van der Waals surface area contributed by atoms with Gasteiger partial charge in [-0.2, -0.15) is 0 Å². The Morgan fingerprint density at radius 2 is 2.04 bits per heavy atom. The van der Waals surface area contributed by atoms with Crippen LogP contribution in [0.15, 0.2) is 36.4 Å². The van der Waals surface area contributed by atoms with E-state index >= 15 is 0 Å². The Kier molecular flexibility index (Phi) is 7.65. The van der Waals surface area contributed by atoms with E-state index < -0.39 is 0 Å². The second-order valence-corrected chi connectivity index (χ2v) is 7.37. The predicted molar refractivity (Wildman–Crippen MR) is 109 cm³/mol. The molecule has 0 amide bonds. The fourth-order valence-corrected chi connectivity index (χ4v) is 3.59. The van der Waals surface area contributed by atoms with Crippen LogP contribution in [-0.2, 0) is 17.9 Å². The number of rotatable bonds is 9. The van der Waals surface area contributed by atoms with E-state index in [-0.39, 0.29) is 0 Å². The lowest BCUT2D eigenvalue weighted by Gasteiger charge is -2.16. The summed E-state index contributed by atoms with van der Waals surface area (Å²) in [5.41, 5.74) is 2.03. The zero-order chi connectivity index (χ0) is 19.1. The van der Waals surface area contributed by atoms with Crippen LogP contribution in [0.25, 0.3) is 0 Å². The molecule has 1 saturated heterocycles. The summed E-state index contributed by atoms with van der Waals surface area (Å²) >= 11 is 12.5. The predicted octanol–water partition coefficient (Wildman–Crippen LogP) is 5.24. The highest BCUT2D eigenvalue weighted by Crippen LogP contribution is 2.37. The Balaban J connectivity index is 1.65. The topological polar surface area (TPSA) is 39.7 Å². The Hall–Kier alpha value is -1.46. The Morgan fingerprint density at radius 1 is 1.15 bits per heavy atom. The monoisotopic (exact) mass is 409 g/mol. The molecule has 0 saturated carbocycles. The summed E-state index contributed by atoms with van der Waals surface area (Å²) in [6.45, 7) is 5.26. The summed E-state index contributed by atoms with van der Waals surface area (Å²) in [4.78, 5) is 0. The minimum Gasteiger partial charge on any atom is -0.490 e. The largest absolute Gasteiger partial charge is 0.490 e. The van der Waals surface area contributed by atoms with Crippen molar-refractivity contribution in [1.82, 2.24) is 5.32 Å². The maximum Gasteiger partial charge on any atom is 0.180 e. The van der Waals surface area contributed by atoms with Crippen molar-refractivity contribution in [2.24, 2.45) is 0 Å². The highest BCUT2D eigenvalue weighted by molar-refractivity contribution is 6.32. The molecular formula is C21H25Cl2NO3. The molecule has 1 aliphatic heterocycles. The highest BCUT2D eigenvalue weighted by atomic mass is 35.5. The number of halogens is 2. The first-order chi connectivity index (χ1) is 13.2. The van der Waals surface area contributed by atoms with Crippen LogP contribution in [0.2, 0.25) is 10.0 Å². The second kappa shape index (κ2) is 10.2. The van der Waals surface area contributed by atoms with E-state index in [1.165, 1.54) is 0 Å². The van der Waals surface area contributed by atoms with Crippen molar-refractivity contribution in [3.8, 4) is 11.5 Å². The summed E-state index contributed by atoms with van der Waals surface area (Å²) < 4.78 is 17.3. The summed E-state index contributed by atoms with van der Waals surface area (Å²) in [6.07, 6.45) is 2.58. The molecule has 2 aromatic carbocycles. The molecule has 1 heterocycles. The molecule has 0 aromatic heterocycles. The van der Waals surface area contributed by atoms with Crippen molar-refractivity contribution in [3.05, 3.63) is 57.6 Å². The molecule has 146 valence electrons. The van der Waals surface area contributed by atoms with Gasteiger partial charge in [-0.15, -0.1) is 0 Å². The van der Waals surface area contributed by atoms with Crippen LogP contribution in [-0.4, -0.2) is 25.9 Å². The van der Waals surface area contributed by atoms with Gasteiger partial charge < -0.3 is 19.5 Å². The molecule has 4 nitrogen and oxygen atoms in total. The van der Waals surface area contributed by atoms with Crippen LogP contribution in [0.3, 0.4) is 0 Å². The van der Waals surface area contributed by atoms with Crippen molar-refractivity contribution in [2.45, 2.75) is 39.0 Å². The minimum absolute atomic E-state index is 0.312. The lowest BCUT2D eigenvalue weighted by Crippen LogP contribution is -2.25. The maximum absolute atomic E-state index is 6.49. The third-order valence-corrected chi connectivity index (χ3v) is 4.88. The first kappa shape index (κ1) is 20.3.